The quantitative estimate of drug-likeness (QED) is 0.636. The lowest BCUT2D eigenvalue weighted by atomic mass is 9.85. The highest BCUT2D eigenvalue weighted by Crippen LogP contribution is 2.39. The van der Waals surface area contributed by atoms with Crippen molar-refractivity contribution in [1.29, 1.82) is 0 Å². The van der Waals surface area contributed by atoms with Crippen molar-refractivity contribution in [3.05, 3.63) is 0 Å². The number of piperidine rings is 1. The number of halogens is 1. The summed E-state index contributed by atoms with van der Waals surface area (Å²) >= 11 is 0. The Morgan fingerprint density at radius 2 is 1.94 bits per heavy atom. The summed E-state index contributed by atoms with van der Waals surface area (Å²) in [7, 11) is 0. The molecular formula is C9H11FN2O5. The monoisotopic (exact) mass is 246 g/mol. The summed E-state index contributed by atoms with van der Waals surface area (Å²) in [5, 5.41) is 17.5. The molecule has 2 saturated heterocycles. The van der Waals surface area contributed by atoms with Crippen molar-refractivity contribution in [3.8, 4) is 0 Å². The largest absolute Gasteiger partial charge is 0.465 e. The van der Waals surface area contributed by atoms with Crippen molar-refractivity contribution in [2.75, 3.05) is 19.6 Å². The maximum Gasteiger partial charge on any atom is 0.414 e. The predicted molar refractivity (Wildman–Crippen MR) is 51.3 cm³/mol. The van der Waals surface area contributed by atoms with Gasteiger partial charge in [0, 0.05) is 32.0 Å². The average Bonchev–Trinajstić information content (AvgIpc) is 2.51. The number of hydrogen-bond acceptors (Lipinski definition) is 3. The van der Waals surface area contributed by atoms with Gasteiger partial charge in [0.05, 0.1) is 0 Å². The summed E-state index contributed by atoms with van der Waals surface area (Å²) in [5.74, 6) is -1.98. The molecule has 17 heavy (non-hydrogen) atoms. The van der Waals surface area contributed by atoms with E-state index >= 15 is 0 Å². The van der Waals surface area contributed by atoms with Crippen LogP contribution in [0.1, 0.15) is 6.42 Å². The number of carboxylic acid groups (broad SMARTS) is 2. The molecule has 2 fully saturated rings. The summed E-state index contributed by atoms with van der Waals surface area (Å²) in [6.07, 6.45) is -2.97. The minimum absolute atomic E-state index is 0.0957. The van der Waals surface area contributed by atoms with Gasteiger partial charge in [-0.15, -0.1) is 0 Å². The van der Waals surface area contributed by atoms with Gasteiger partial charge in [-0.1, -0.05) is 0 Å². The lowest BCUT2D eigenvalue weighted by Crippen LogP contribution is -2.52. The van der Waals surface area contributed by atoms with Crippen LogP contribution in [0.25, 0.3) is 0 Å². The number of rotatable bonds is 0. The van der Waals surface area contributed by atoms with E-state index < -0.39 is 29.7 Å². The summed E-state index contributed by atoms with van der Waals surface area (Å²) < 4.78 is 14.3. The number of amides is 3. The van der Waals surface area contributed by atoms with E-state index in [9.17, 15) is 18.8 Å². The second kappa shape index (κ2) is 3.57. The van der Waals surface area contributed by atoms with Crippen molar-refractivity contribution < 1.29 is 29.0 Å². The molecule has 0 aromatic carbocycles. The molecule has 2 N–H and O–H groups in total. The summed E-state index contributed by atoms with van der Waals surface area (Å²) in [4.78, 5) is 34.5. The molecule has 0 aliphatic carbocycles. The van der Waals surface area contributed by atoms with Crippen LogP contribution in [0.3, 0.4) is 0 Å². The Balaban J connectivity index is 2.21. The summed E-state index contributed by atoms with van der Waals surface area (Å²) in [5.41, 5.74) is -2.23. The molecule has 0 spiro atoms. The lowest BCUT2D eigenvalue weighted by Gasteiger charge is -2.35. The molecule has 0 saturated carbocycles. The number of nitrogens with zero attached hydrogens (tertiary/aromatic N) is 2. The average molecular weight is 246 g/mol. The molecule has 2 rings (SSSR count). The van der Waals surface area contributed by atoms with E-state index in [0.717, 1.165) is 4.90 Å². The summed E-state index contributed by atoms with van der Waals surface area (Å²) in [6.45, 7) is -0.530. The van der Waals surface area contributed by atoms with Crippen LogP contribution in [-0.2, 0) is 4.79 Å². The smallest absolute Gasteiger partial charge is 0.414 e. The van der Waals surface area contributed by atoms with Crippen LogP contribution in [0.5, 0.6) is 0 Å². The van der Waals surface area contributed by atoms with Gasteiger partial charge in [0.1, 0.15) is 0 Å². The molecule has 8 heteroatoms. The molecular weight excluding hydrogens is 235 g/mol. The first-order valence-corrected chi connectivity index (χ1v) is 5.08. The van der Waals surface area contributed by atoms with E-state index in [0.29, 0.717) is 4.90 Å². The summed E-state index contributed by atoms with van der Waals surface area (Å²) in [6, 6.07) is 0. The maximum absolute atomic E-state index is 14.3. The third-order valence-electron chi connectivity index (χ3n) is 3.34. The fraction of sp³-hybridized carbons (Fsp3) is 0.667. The maximum atomic E-state index is 14.3. The van der Waals surface area contributed by atoms with E-state index in [1.807, 2.05) is 0 Å². The van der Waals surface area contributed by atoms with Crippen molar-refractivity contribution in [1.82, 2.24) is 9.80 Å². The molecule has 2 heterocycles. The molecule has 3 amide bonds. The Labute approximate surface area is 95.4 Å². The number of carbonyl (C=O) groups excluding carboxylic acids is 1. The molecule has 0 radical (unpaired) electrons. The molecule has 0 aromatic rings. The normalized spacial score (nSPS) is 32.5. The molecule has 7 nitrogen and oxygen atoms in total. The van der Waals surface area contributed by atoms with Crippen LogP contribution >= 0.6 is 0 Å². The van der Waals surface area contributed by atoms with Crippen molar-refractivity contribution in [3.63, 3.8) is 0 Å². The van der Waals surface area contributed by atoms with Crippen LogP contribution in [-0.4, -0.2) is 63.4 Å². The number of alkyl halides is 1. The van der Waals surface area contributed by atoms with Crippen LogP contribution in [0.2, 0.25) is 0 Å². The molecule has 2 aliphatic rings. The first-order chi connectivity index (χ1) is 7.86. The molecule has 2 atom stereocenters. The van der Waals surface area contributed by atoms with Crippen LogP contribution in [0, 0.1) is 5.92 Å². The minimum Gasteiger partial charge on any atom is -0.465 e. The zero-order chi connectivity index (χ0) is 12.8. The van der Waals surface area contributed by atoms with Crippen molar-refractivity contribution in [2.45, 2.75) is 12.1 Å². The molecule has 0 aromatic heterocycles. The molecule has 94 valence electrons. The fourth-order valence-electron chi connectivity index (χ4n) is 2.35. The molecule has 0 unspecified atom stereocenters. The van der Waals surface area contributed by atoms with Crippen LogP contribution < -0.4 is 0 Å². The Kier molecular flexibility index (Phi) is 2.44. The Bertz CT molecular complexity index is 401. The first kappa shape index (κ1) is 11.6. The van der Waals surface area contributed by atoms with E-state index in [1.165, 1.54) is 0 Å². The Hall–Kier alpha value is -1.86. The van der Waals surface area contributed by atoms with E-state index in [4.69, 9.17) is 10.2 Å². The third kappa shape index (κ3) is 1.60. The first-order valence-electron chi connectivity index (χ1n) is 5.08. The van der Waals surface area contributed by atoms with Gasteiger partial charge in [0.25, 0.3) is 5.91 Å². The lowest BCUT2D eigenvalue weighted by molar-refractivity contribution is -0.139. The van der Waals surface area contributed by atoms with Gasteiger partial charge in [-0.05, 0) is 0 Å². The number of likely N-dealkylation sites (tertiary alicyclic amines) is 2. The molecule has 0 bridgehead atoms. The Morgan fingerprint density at radius 1 is 1.29 bits per heavy atom. The topological polar surface area (TPSA) is 98.2 Å². The zero-order valence-corrected chi connectivity index (χ0v) is 8.80. The van der Waals surface area contributed by atoms with Gasteiger partial charge in [-0.25, -0.2) is 18.9 Å². The minimum atomic E-state index is -2.23. The highest BCUT2D eigenvalue weighted by Gasteiger charge is 2.59. The van der Waals surface area contributed by atoms with Gasteiger partial charge in [-0.3, -0.25) is 4.79 Å². The second-order valence-electron chi connectivity index (χ2n) is 4.24. The fourth-order valence-corrected chi connectivity index (χ4v) is 2.35. The van der Waals surface area contributed by atoms with E-state index in [1.54, 1.807) is 0 Å². The molecule has 2 aliphatic heterocycles. The predicted octanol–water partition coefficient (Wildman–Crippen LogP) is 0.215. The second-order valence-corrected chi connectivity index (χ2v) is 4.24. The zero-order valence-electron chi connectivity index (χ0n) is 8.80. The van der Waals surface area contributed by atoms with Gasteiger partial charge < -0.3 is 15.1 Å². The number of hydrogen-bond donors (Lipinski definition) is 2. The van der Waals surface area contributed by atoms with Crippen molar-refractivity contribution in [2.24, 2.45) is 5.92 Å². The van der Waals surface area contributed by atoms with Gasteiger partial charge >= 0.3 is 12.2 Å². The number of carbonyl (C=O) groups is 3. The van der Waals surface area contributed by atoms with E-state index in [-0.39, 0.29) is 26.1 Å². The van der Waals surface area contributed by atoms with E-state index in [2.05, 4.69) is 0 Å². The third-order valence-corrected chi connectivity index (χ3v) is 3.34. The number of fused-ring (bicyclic) bond motifs is 1. The van der Waals surface area contributed by atoms with Gasteiger partial charge in [-0.2, -0.15) is 0 Å². The highest BCUT2D eigenvalue weighted by molar-refractivity contribution is 5.98. The van der Waals surface area contributed by atoms with Gasteiger partial charge in [0.15, 0.2) is 5.67 Å². The standard InChI is InChI=1S/C9H11FN2O5/c10-9-1-2-11(7(14)15)3-5(9)4-12(6(9)13)8(16)17/h5H,1-4H2,(H,14,15)(H,16,17)/t5-,9+/m0/s1. The highest BCUT2D eigenvalue weighted by atomic mass is 19.1. The van der Waals surface area contributed by atoms with Crippen LogP contribution in [0.15, 0.2) is 0 Å². The van der Waals surface area contributed by atoms with Crippen molar-refractivity contribution >= 4 is 18.1 Å². The van der Waals surface area contributed by atoms with Crippen LogP contribution in [0.4, 0.5) is 14.0 Å². The van der Waals surface area contributed by atoms with Gasteiger partial charge in [0.2, 0.25) is 0 Å². The SMILES string of the molecule is O=C(O)N1CC[C@]2(F)C(=O)N(C(=O)O)C[C@@H]2C1. The Morgan fingerprint density at radius 3 is 2.47 bits per heavy atom. The number of imide groups is 1.